The van der Waals surface area contributed by atoms with Gasteiger partial charge in [-0.2, -0.15) is 10.1 Å². The molecule has 108 valence electrons. The van der Waals surface area contributed by atoms with Crippen LogP contribution in [-0.4, -0.2) is 19.7 Å². The summed E-state index contributed by atoms with van der Waals surface area (Å²) in [5.74, 6) is 7.98. The summed E-state index contributed by atoms with van der Waals surface area (Å²) in [4.78, 5) is 8.70. The molecule has 0 amide bonds. The summed E-state index contributed by atoms with van der Waals surface area (Å²) in [5, 5.41) is 4.31. The summed E-state index contributed by atoms with van der Waals surface area (Å²) in [7, 11) is 1.88. The van der Waals surface area contributed by atoms with Crippen molar-refractivity contribution >= 4 is 5.82 Å². The van der Waals surface area contributed by atoms with E-state index >= 15 is 0 Å². The summed E-state index contributed by atoms with van der Waals surface area (Å²) in [6.45, 7) is 7.87. The molecule has 7 heteroatoms. The van der Waals surface area contributed by atoms with Gasteiger partial charge in [-0.15, -0.1) is 0 Å². The molecule has 0 fully saturated rings. The zero-order valence-electron chi connectivity index (χ0n) is 12.4. The van der Waals surface area contributed by atoms with Crippen LogP contribution in [0, 0.1) is 13.8 Å². The maximum Gasteiger partial charge on any atom is 0.224 e. The molecule has 0 bridgehead atoms. The molecular formula is C13H20N6O. The molecule has 0 radical (unpaired) electrons. The van der Waals surface area contributed by atoms with E-state index in [1.165, 1.54) is 0 Å². The van der Waals surface area contributed by atoms with E-state index in [1.807, 2.05) is 34.7 Å². The highest BCUT2D eigenvalue weighted by Crippen LogP contribution is 2.28. The molecule has 0 unspecified atom stereocenters. The summed E-state index contributed by atoms with van der Waals surface area (Å²) in [5.41, 5.74) is 4.29. The minimum Gasteiger partial charge on any atom is -0.435 e. The Bertz CT molecular complexity index is 620. The molecule has 0 saturated heterocycles. The average molecular weight is 276 g/mol. The van der Waals surface area contributed by atoms with Crippen molar-refractivity contribution in [3.63, 3.8) is 0 Å². The van der Waals surface area contributed by atoms with E-state index in [4.69, 9.17) is 10.6 Å². The fourth-order valence-corrected chi connectivity index (χ4v) is 1.83. The van der Waals surface area contributed by atoms with Crippen LogP contribution in [0.2, 0.25) is 0 Å². The average Bonchev–Trinajstić information content (AvgIpc) is 2.65. The maximum atomic E-state index is 5.86. The van der Waals surface area contributed by atoms with Crippen LogP contribution in [0.5, 0.6) is 11.6 Å². The second-order valence-electron chi connectivity index (χ2n) is 4.97. The molecule has 3 N–H and O–H groups in total. The van der Waals surface area contributed by atoms with Gasteiger partial charge < -0.3 is 10.2 Å². The van der Waals surface area contributed by atoms with Gasteiger partial charge in [0.1, 0.15) is 17.3 Å². The number of nitrogens with zero attached hydrogens (tertiary/aromatic N) is 4. The smallest absolute Gasteiger partial charge is 0.224 e. The Hall–Kier alpha value is -2.15. The molecule has 0 aliphatic carbocycles. The van der Waals surface area contributed by atoms with Gasteiger partial charge in [0.15, 0.2) is 5.75 Å². The van der Waals surface area contributed by atoms with Crippen molar-refractivity contribution in [3.05, 3.63) is 23.3 Å². The number of nitrogens with two attached hydrogens (primary N) is 1. The standard InChI is InChI=1S/C13H20N6O/c1-7(2)13-15-10(17-14)6-11(16-13)20-12-8(3)18-19(5)9(12)4/h6-7H,14H2,1-5H3,(H,15,16,17). The third-order valence-corrected chi connectivity index (χ3v) is 3.03. The first-order chi connectivity index (χ1) is 9.42. The number of hydrogen-bond donors (Lipinski definition) is 2. The third-order valence-electron chi connectivity index (χ3n) is 3.03. The largest absolute Gasteiger partial charge is 0.435 e. The first-order valence-electron chi connectivity index (χ1n) is 6.46. The lowest BCUT2D eigenvalue weighted by atomic mass is 10.2. The van der Waals surface area contributed by atoms with E-state index in [2.05, 4.69) is 20.5 Å². The van der Waals surface area contributed by atoms with E-state index in [-0.39, 0.29) is 5.92 Å². The van der Waals surface area contributed by atoms with Crippen LogP contribution in [0.1, 0.15) is 37.0 Å². The molecule has 2 aromatic rings. The van der Waals surface area contributed by atoms with Crippen molar-refractivity contribution < 1.29 is 4.74 Å². The highest BCUT2D eigenvalue weighted by Gasteiger charge is 2.14. The topological polar surface area (TPSA) is 90.9 Å². The van der Waals surface area contributed by atoms with Crippen LogP contribution in [0.4, 0.5) is 5.82 Å². The molecule has 2 heterocycles. The Morgan fingerprint density at radius 1 is 1.30 bits per heavy atom. The molecule has 0 spiro atoms. The number of hydrazine groups is 1. The lowest BCUT2D eigenvalue weighted by Crippen LogP contribution is -2.11. The van der Waals surface area contributed by atoms with Crippen LogP contribution in [0.3, 0.4) is 0 Å². The predicted molar refractivity (Wildman–Crippen MR) is 76.7 cm³/mol. The number of aromatic nitrogens is 4. The van der Waals surface area contributed by atoms with Crippen LogP contribution >= 0.6 is 0 Å². The number of anilines is 1. The molecule has 0 saturated carbocycles. The Labute approximate surface area is 118 Å². The lowest BCUT2D eigenvalue weighted by Gasteiger charge is -2.10. The molecule has 0 aromatic carbocycles. The van der Waals surface area contributed by atoms with Crippen molar-refractivity contribution in [2.45, 2.75) is 33.6 Å². The Balaban J connectivity index is 2.40. The van der Waals surface area contributed by atoms with Gasteiger partial charge in [0.25, 0.3) is 0 Å². The second kappa shape index (κ2) is 5.46. The quantitative estimate of drug-likeness (QED) is 0.656. The van der Waals surface area contributed by atoms with Gasteiger partial charge >= 0.3 is 0 Å². The summed E-state index contributed by atoms with van der Waals surface area (Å²) >= 11 is 0. The first kappa shape index (κ1) is 14.3. The molecule has 2 aromatic heterocycles. The minimum absolute atomic E-state index is 0.182. The number of aryl methyl sites for hydroxylation is 2. The highest BCUT2D eigenvalue weighted by atomic mass is 16.5. The van der Waals surface area contributed by atoms with E-state index in [1.54, 1.807) is 10.7 Å². The Morgan fingerprint density at radius 2 is 2.00 bits per heavy atom. The summed E-state index contributed by atoms with van der Waals surface area (Å²) in [6.07, 6.45) is 0. The van der Waals surface area contributed by atoms with Crippen molar-refractivity contribution in [1.82, 2.24) is 19.7 Å². The van der Waals surface area contributed by atoms with Gasteiger partial charge in [-0.1, -0.05) is 13.8 Å². The molecule has 7 nitrogen and oxygen atoms in total. The highest BCUT2D eigenvalue weighted by molar-refractivity contribution is 5.41. The molecule has 20 heavy (non-hydrogen) atoms. The normalized spacial score (nSPS) is 10.9. The van der Waals surface area contributed by atoms with E-state index < -0.39 is 0 Å². The SMILES string of the molecule is Cc1nn(C)c(C)c1Oc1cc(NN)nc(C(C)C)n1. The maximum absolute atomic E-state index is 5.86. The van der Waals surface area contributed by atoms with Crippen molar-refractivity contribution in [3.8, 4) is 11.6 Å². The van der Waals surface area contributed by atoms with Gasteiger partial charge in [0, 0.05) is 19.0 Å². The molecule has 0 atom stereocenters. The zero-order chi connectivity index (χ0) is 14.9. The molecule has 2 rings (SSSR count). The number of nitrogen functional groups attached to an aromatic ring is 1. The van der Waals surface area contributed by atoms with E-state index in [0.29, 0.717) is 23.3 Å². The zero-order valence-corrected chi connectivity index (χ0v) is 12.4. The van der Waals surface area contributed by atoms with Crippen molar-refractivity contribution in [2.24, 2.45) is 12.9 Å². The fourth-order valence-electron chi connectivity index (χ4n) is 1.83. The molecule has 0 aliphatic rings. The molecular weight excluding hydrogens is 256 g/mol. The second-order valence-corrected chi connectivity index (χ2v) is 4.97. The summed E-state index contributed by atoms with van der Waals surface area (Å²) in [6, 6.07) is 1.66. The monoisotopic (exact) mass is 276 g/mol. The minimum atomic E-state index is 0.182. The fraction of sp³-hybridized carbons (Fsp3) is 0.462. The van der Waals surface area contributed by atoms with Crippen molar-refractivity contribution in [1.29, 1.82) is 0 Å². The van der Waals surface area contributed by atoms with Gasteiger partial charge in [0.2, 0.25) is 5.88 Å². The number of ether oxygens (including phenoxy) is 1. The van der Waals surface area contributed by atoms with Crippen LogP contribution in [-0.2, 0) is 7.05 Å². The lowest BCUT2D eigenvalue weighted by molar-refractivity contribution is 0.450. The summed E-state index contributed by atoms with van der Waals surface area (Å²) < 4.78 is 7.64. The first-order valence-corrected chi connectivity index (χ1v) is 6.46. The number of hydrogen-bond acceptors (Lipinski definition) is 6. The van der Waals surface area contributed by atoms with Crippen molar-refractivity contribution in [2.75, 3.05) is 5.43 Å². The van der Waals surface area contributed by atoms with Gasteiger partial charge in [-0.05, 0) is 13.8 Å². The van der Waals surface area contributed by atoms with E-state index in [0.717, 1.165) is 11.4 Å². The Kier molecular flexibility index (Phi) is 3.89. The third kappa shape index (κ3) is 2.72. The van der Waals surface area contributed by atoms with Gasteiger partial charge in [-0.3, -0.25) is 4.68 Å². The van der Waals surface area contributed by atoms with Crippen LogP contribution in [0.15, 0.2) is 6.07 Å². The predicted octanol–water partition coefficient (Wildman–Crippen LogP) is 2.03. The van der Waals surface area contributed by atoms with Crippen LogP contribution < -0.4 is 16.0 Å². The van der Waals surface area contributed by atoms with Gasteiger partial charge in [-0.25, -0.2) is 10.8 Å². The number of rotatable bonds is 4. The molecule has 0 aliphatic heterocycles. The van der Waals surface area contributed by atoms with E-state index in [9.17, 15) is 0 Å². The van der Waals surface area contributed by atoms with Gasteiger partial charge in [0.05, 0.1) is 5.69 Å². The van der Waals surface area contributed by atoms with Crippen LogP contribution in [0.25, 0.3) is 0 Å². The number of nitrogens with one attached hydrogen (secondary N) is 1. The Morgan fingerprint density at radius 3 is 2.50 bits per heavy atom.